The molecule has 0 spiro atoms. The second-order valence-corrected chi connectivity index (χ2v) is 10.1. The van der Waals surface area contributed by atoms with Crippen molar-refractivity contribution < 1.29 is 18.5 Å². The fourth-order valence-electron chi connectivity index (χ4n) is 2.61. The Balaban J connectivity index is 2.13. The number of amides is 1. The topological polar surface area (TPSA) is 75.7 Å². The number of ether oxygens (including phenoxy) is 1. The zero-order chi connectivity index (χ0) is 18.9. The molecule has 0 radical (unpaired) electrons. The van der Waals surface area contributed by atoms with E-state index in [0.717, 1.165) is 5.57 Å². The minimum atomic E-state index is -1.04. The summed E-state index contributed by atoms with van der Waals surface area (Å²) in [6, 6.07) is -0.417. The molecule has 1 unspecified atom stereocenters. The molecule has 0 aromatic heterocycles. The van der Waals surface area contributed by atoms with Gasteiger partial charge in [0.25, 0.3) is 5.91 Å². The molecule has 25 heavy (non-hydrogen) atoms. The molecule has 2 rings (SSSR count). The van der Waals surface area contributed by atoms with E-state index in [9.17, 15) is 13.8 Å². The zero-order valence-electron chi connectivity index (χ0n) is 15.5. The van der Waals surface area contributed by atoms with Gasteiger partial charge in [0.05, 0.1) is 0 Å². The van der Waals surface area contributed by atoms with Crippen molar-refractivity contribution in [3.8, 4) is 0 Å². The van der Waals surface area contributed by atoms with Crippen LogP contribution in [0.15, 0.2) is 22.4 Å². The smallest absolute Gasteiger partial charge is 0.355 e. The Labute approximate surface area is 155 Å². The molecular weight excluding hydrogens is 360 g/mol. The number of carbonyl (C=O) groups excluding carboxylic acids is 2. The quantitative estimate of drug-likeness (QED) is 0.576. The lowest BCUT2D eigenvalue weighted by Crippen LogP contribution is -2.69. The summed E-state index contributed by atoms with van der Waals surface area (Å²) in [5.41, 5.74) is 0.598. The minimum Gasteiger partial charge on any atom is -0.455 e. The first-order chi connectivity index (χ1) is 11.6. The van der Waals surface area contributed by atoms with Gasteiger partial charge in [0.15, 0.2) is 0 Å². The number of esters is 1. The molecular formula is C17H26N2O4S2. The van der Waals surface area contributed by atoms with E-state index in [0.29, 0.717) is 22.1 Å². The molecule has 2 heterocycles. The first kappa shape index (κ1) is 20.0. The number of nitrogens with zero attached hydrogens (tertiary/aromatic N) is 1. The van der Waals surface area contributed by atoms with E-state index in [4.69, 9.17) is 4.74 Å². The molecule has 2 aliphatic rings. The highest BCUT2D eigenvalue weighted by Crippen LogP contribution is 2.40. The fraction of sp³-hybridized carbons (Fsp3) is 0.647. The highest BCUT2D eigenvalue weighted by atomic mass is 32.2. The molecule has 3 atom stereocenters. The Kier molecular flexibility index (Phi) is 6.04. The zero-order valence-corrected chi connectivity index (χ0v) is 17.2. The SMILES string of the molecule is CCS(=O)C(C)=CN[C@@H]1C(=O)N2C(C(=O)OC(C)(C)C)=C(C)CS[C@@H]12. The molecule has 1 N–H and O–H groups in total. The van der Waals surface area contributed by atoms with Crippen LogP contribution in [-0.4, -0.2) is 49.5 Å². The number of thioether (sulfide) groups is 1. The maximum atomic E-state index is 12.6. The molecule has 2 aliphatic heterocycles. The van der Waals surface area contributed by atoms with Gasteiger partial charge in [0, 0.05) is 33.4 Å². The minimum absolute atomic E-state index is 0.155. The molecule has 1 saturated heterocycles. The Morgan fingerprint density at radius 3 is 2.68 bits per heavy atom. The highest BCUT2D eigenvalue weighted by molar-refractivity contribution is 8.00. The highest BCUT2D eigenvalue weighted by Gasteiger charge is 2.53. The van der Waals surface area contributed by atoms with Gasteiger partial charge in [-0.1, -0.05) is 6.92 Å². The summed E-state index contributed by atoms with van der Waals surface area (Å²) in [4.78, 5) is 27.3. The van der Waals surface area contributed by atoms with Crippen LogP contribution in [0.2, 0.25) is 0 Å². The van der Waals surface area contributed by atoms with E-state index in [2.05, 4.69) is 5.32 Å². The third kappa shape index (κ3) is 4.28. The molecule has 6 nitrogen and oxygen atoms in total. The van der Waals surface area contributed by atoms with Gasteiger partial charge in [-0.25, -0.2) is 4.79 Å². The van der Waals surface area contributed by atoms with Gasteiger partial charge in [0.1, 0.15) is 22.7 Å². The van der Waals surface area contributed by atoms with Crippen LogP contribution >= 0.6 is 11.8 Å². The van der Waals surface area contributed by atoms with Gasteiger partial charge in [-0.05, 0) is 40.2 Å². The van der Waals surface area contributed by atoms with Crippen molar-refractivity contribution in [3.05, 3.63) is 22.4 Å². The van der Waals surface area contributed by atoms with Crippen molar-refractivity contribution in [2.45, 2.75) is 58.6 Å². The van der Waals surface area contributed by atoms with Gasteiger partial charge >= 0.3 is 5.97 Å². The lowest BCUT2D eigenvalue weighted by atomic mass is 10.0. The van der Waals surface area contributed by atoms with Gasteiger partial charge in [-0.2, -0.15) is 0 Å². The van der Waals surface area contributed by atoms with Crippen LogP contribution in [0.1, 0.15) is 41.5 Å². The van der Waals surface area contributed by atoms with E-state index in [1.54, 1.807) is 45.7 Å². The lowest BCUT2D eigenvalue weighted by molar-refractivity contribution is -0.158. The third-order valence-corrected chi connectivity index (χ3v) is 6.62. The molecule has 8 heteroatoms. The normalized spacial score (nSPS) is 25.3. The molecule has 140 valence electrons. The number of allylic oxidation sites excluding steroid dienone is 1. The van der Waals surface area contributed by atoms with Crippen LogP contribution in [0.5, 0.6) is 0 Å². The summed E-state index contributed by atoms with van der Waals surface area (Å²) in [7, 11) is -1.04. The summed E-state index contributed by atoms with van der Waals surface area (Å²) in [6.07, 6.45) is 1.65. The summed E-state index contributed by atoms with van der Waals surface area (Å²) in [5, 5.41) is 2.91. The number of fused-ring (bicyclic) bond motifs is 1. The second-order valence-electron chi connectivity index (χ2n) is 7.07. The van der Waals surface area contributed by atoms with Crippen LogP contribution in [-0.2, 0) is 25.1 Å². The number of carbonyl (C=O) groups is 2. The van der Waals surface area contributed by atoms with E-state index < -0.39 is 28.4 Å². The Morgan fingerprint density at radius 2 is 2.12 bits per heavy atom. The Bertz CT molecular complexity index is 664. The monoisotopic (exact) mass is 386 g/mol. The molecule has 1 amide bonds. The lowest BCUT2D eigenvalue weighted by Gasteiger charge is -2.49. The predicted molar refractivity (Wildman–Crippen MR) is 101 cm³/mol. The molecule has 0 saturated carbocycles. The predicted octanol–water partition coefficient (Wildman–Crippen LogP) is 2.11. The van der Waals surface area contributed by atoms with Gasteiger partial charge in [-0.15, -0.1) is 11.8 Å². The summed E-state index contributed by atoms with van der Waals surface area (Å²) in [6.45, 7) is 10.9. The fourth-order valence-corrected chi connectivity index (χ4v) is 4.57. The van der Waals surface area contributed by atoms with E-state index >= 15 is 0 Å². The first-order valence-corrected chi connectivity index (χ1v) is 10.6. The van der Waals surface area contributed by atoms with Gasteiger partial charge in [-0.3, -0.25) is 13.9 Å². The third-order valence-electron chi connectivity index (χ3n) is 3.84. The number of nitrogens with one attached hydrogen (secondary N) is 1. The van der Waals surface area contributed by atoms with E-state index in [1.165, 1.54) is 4.90 Å². The van der Waals surface area contributed by atoms with Crippen molar-refractivity contribution in [2.75, 3.05) is 11.5 Å². The van der Waals surface area contributed by atoms with E-state index in [-0.39, 0.29) is 11.3 Å². The van der Waals surface area contributed by atoms with Crippen LogP contribution in [0, 0.1) is 0 Å². The Hall–Kier alpha value is -1.28. The number of hydrogen-bond acceptors (Lipinski definition) is 6. The number of rotatable bonds is 5. The molecule has 0 aromatic rings. The number of hydrogen-bond donors (Lipinski definition) is 1. The summed E-state index contributed by atoms with van der Waals surface area (Å²) in [5.74, 6) is 0.590. The van der Waals surface area contributed by atoms with Crippen LogP contribution < -0.4 is 5.32 Å². The molecule has 0 bridgehead atoms. The van der Waals surface area contributed by atoms with E-state index in [1.807, 2.05) is 13.8 Å². The van der Waals surface area contributed by atoms with Crippen molar-refractivity contribution in [1.29, 1.82) is 0 Å². The van der Waals surface area contributed by atoms with Crippen molar-refractivity contribution in [2.24, 2.45) is 0 Å². The molecule has 0 aromatic carbocycles. The Morgan fingerprint density at radius 1 is 1.48 bits per heavy atom. The second kappa shape index (κ2) is 7.53. The maximum Gasteiger partial charge on any atom is 0.355 e. The molecule has 0 aliphatic carbocycles. The largest absolute Gasteiger partial charge is 0.455 e. The standard InChI is InChI=1S/C17H26N2O4S2/c1-7-25(22)11(3)8-18-12-14(20)19-13(10(2)9-24-15(12)19)16(21)23-17(4,5)6/h8,12,15,18H,7,9H2,1-6H3/t12-,15+,25?/m1/s1. The van der Waals surface area contributed by atoms with Crippen LogP contribution in [0.4, 0.5) is 0 Å². The van der Waals surface area contributed by atoms with Crippen LogP contribution in [0.25, 0.3) is 0 Å². The summed E-state index contributed by atoms with van der Waals surface area (Å²) < 4.78 is 17.2. The number of β-lactam (4-membered cyclic amide) rings is 1. The van der Waals surface area contributed by atoms with Crippen molar-refractivity contribution >= 4 is 34.4 Å². The molecule has 1 fully saturated rings. The first-order valence-electron chi connectivity index (χ1n) is 8.25. The van der Waals surface area contributed by atoms with Crippen LogP contribution in [0.3, 0.4) is 0 Å². The average molecular weight is 387 g/mol. The maximum absolute atomic E-state index is 12.6. The van der Waals surface area contributed by atoms with Gasteiger partial charge in [0.2, 0.25) is 0 Å². The summed E-state index contributed by atoms with van der Waals surface area (Å²) >= 11 is 1.61. The van der Waals surface area contributed by atoms with Gasteiger partial charge < -0.3 is 10.1 Å². The average Bonchev–Trinajstić information content (AvgIpc) is 2.52. The van der Waals surface area contributed by atoms with Crippen molar-refractivity contribution in [3.63, 3.8) is 0 Å². The van der Waals surface area contributed by atoms with Crippen molar-refractivity contribution in [1.82, 2.24) is 10.2 Å².